The minimum Gasteiger partial charge on any atom is -0.255 e. The highest BCUT2D eigenvalue weighted by Gasteiger charge is 1.95. The lowest BCUT2D eigenvalue weighted by Crippen LogP contribution is -1.66. The Balaban J connectivity index is 0.000000605. The van der Waals surface area contributed by atoms with Crippen molar-refractivity contribution in [2.45, 2.75) is 14.4 Å². The highest BCUT2D eigenvalue weighted by molar-refractivity contribution is 7.18. The summed E-state index contributed by atoms with van der Waals surface area (Å²) >= 11 is 1.79. The molecule has 2 aromatic heterocycles. The maximum atomic E-state index is 4.21. The first-order valence-corrected chi connectivity index (χ1v) is 3.99. The molecule has 0 saturated heterocycles. The third-order valence-corrected chi connectivity index (χ3v) is 2.42. The van der Waals surface area contributed by atoms with Gasteiger partial charge in [0.25, 0.3) is 0 Å². The second-order valence-corrected chi connectivity index (χ2v) is 3.53. The van der Waals surface area contributed by atoms with E-state index < -0.39 is 0 Å². The number of thiophene rings is 1. The zero-order valence-corrected chi connectivity index (χ0v) is 6.48. The normalized spacial score (nSPS) is 9.55. The van der Waals surface area contributed by atoms with E-state index in [1.807, 2.05) is 12.3 Å². The van der Waals surface area contributed by atoms with Gasteiger partial charge in [-0.1, -0.05) is 7.43 Å². The molecule has 2 heteroatoms. The lowest BCUT2D eigenvalue weighted by atomic mass is 10.4. The summed E-state index contributed by atoms with van der Waals surface area (Å²) in [5.74, 6) is 0. The van der Waals surface area contributed by atoms with Crippen molar-refractivity contribution in [2.75, 3.05) is 0 Å². The van der Waals surface area contributed by atoms with Crippen molar-refractivity contribution in [1.82, 2.24) is 4.98 Å². The average Bonchev–Trinajstić information content (AvgIpc) is 2.27. The van der Waals surface area contributed by atoms with Crippen molar-refractivity contribution in [3.05, 3.63) is 29.3 Å². The number of pyridine rings is 1. The van der Waals surface area contributed by atoms with Crippen molar-refractivity contribution in [2.24, 2.45) is 0 Å². The van der Waals surface area contributed by atoms with Crippen molar-refractivity contribution in [1.29, 1.82) is 0 Å². The Kier molecular flexibility index (Phi) is 2.25. The van der Waals surface area contributed by atoms with Crippen LogP contribution in [0.15, 0.2) is 24.4 Å². The number of nitrogens with zero attached hydrogens (tertiary/aromatic N) is 1. The third-order valence-electron chi connectivity index (χ3n) is 1.41. The van der Waals surface area contributed by atoms with E-state index in [0.29, 0.717) is 0 Å². The molecule has 0 aliphatic rings. The number of fused-ring (bicyclic) bond motifs is 1. The van der Waals surface area contributed by atoms with Crippen LogP contribution in [0.2, 0.25) is 0 Å². The van der Waals surface area contributed by atoms with Gasteiger partial charge in [0.1, 0.15) is 0 Å². The topological polar surface area (TPSA) is 12.9 Å². The molecule has 58 valence electrons. The first-order chi connectivity index (χ1) is 4.86. The summed E-state index contributed by atoms with van der Waals surface area (Å²) < 4.78 is 1.28. The van der Waals surface area contributed by atoms with E-state index in [-0.39, 0.29) is 7.43 Å². The Morgan fingerprint density at radius 1 is 1.45 bits per heavy atom. The first-order valence-electron chi connectivity index (χ1n) is 3.17. The second-order valence-electron chi connectivity index (χ2n) is 2.24. The highest BCUT2D eigenvalue weighted by atomic mass is 32.1. The van der Waals surface area contributed by atoms with Crippen LogP contribution >= 0.6 is 11.3 Å². The van der Waals surface area contributed by atoms with Gasteiger partial charge in [0.15, 0.2) is 0 Å². The molecule has 0 atom stereocenters. The fourth-order valence-corrected chi connectivity index (χ4v) is 1.87. The van der Waals surface area contributed by atoms with E-state index >= 15 is 0 Å². The SMILES string of the molecule is C.Cc1cc2ncccc2s1. The Bertz CT molecular complexity index is 318. The number of aromatic nitrogens is 1. The molecule has 0 bridgehead atoms. The number of hydrogen-bond donors (Lipinski definition) is 0. The fourth-order valence-electron chi connectivity index (χ4n) is 0.993. The number of rotatable bonds is 0. The van der Waals surface area contributed by atoms with E-state index in [1.165, 1.54) is 9.58 Å². The van der Waals surface area contributed by atoms with Gasteiger partial charge in [-0.3, -0.25) is 4.98 Å². The molecule has 0 spiro atoms. The van der Waals surface area contributed by atoms with E-state index in [9.17, 15) is 0 Å². The van der Waals surface area contributed by atoms with Crippen LogP contribution in [-0.2, 0) is 0 Å². The maximum absolute atomic E-state index is 4.21. The molecular weight excluding hydrogens is 154 g/mol. The molecule has 0 amide bonds. The zero-order valence-electron chi connectivity index (χ0n) is 5.66. The van der Waals surface area contributed by atoms with E-state index in [1.54, 1.807) is 11.3 Å². The predicted molar refractivity (Wildman–Crippen MR) is 51.1 cm³/mol. The molecule has 0 N–H and O–H groups in total. The van der Waals surface area contributed by atoms with E-state index in [0.717, 1.165) is 5.52 Å². The standard InChI is InChI=1S/C8H7NS.CH4/c1-6-5-7-8(10-6)3-2-4-9-7;/h2-5H,1H3;1H4. The molecule has 11 heavy (non-hydrogen) atoms. The minimum absolute atomic E-state index is 0. The highest BCUT2D eigenvalue weighted by Crippen LogP contribution is 2.21. The van der Waals surface area contributed by atoms with Crippen molar-refractivity contribution in [3.8, 4) is 0 Å². The lowest BCUT2D eigenvalue weighted by Gasteiger charge is -1.81. The van der Waals surface area contributed by atoms with Gasteiger partial charge >= 0.3 is 0 Å². The van der Waals surface area contributed by atoms with E-state index in [2.05, 4.69) is 24.0 Å². The van der Waals surface area contributed by atoms with Crippen LogP contribution in [0.5, 0.6) is 0 Å². The van der Waals surface area contributed by atoms with Gasteiger partial charge in [-0.05, 0) is 25.1 Å². The van der Waals surface area contributed by atoms with Gasteiger partial charge in [0, 0.05) is 11.1 Å². The molecule has 0 radical (unpaired) electrons. The fraction of sp³-hybridized carbons (Fsp3) is 0.222. The summed E-state index contributed by atoms with van der Waals surface area (Å²) in [5.41, 5.74) is 1.12. The maximum Gasteiger partial charge on any atom is 0.0812 e. The smallest absolute Gasteiger partial charge is 0.0812 e. The molecule has 1 nitrogen and oxygen atoms in total. The second kappa shape index (κ2) is 3.01. The lowest BCUT2D eigenvalue weighted by molar-refractivity contribution is 1.42. The van der Waals surface area contributed by atoms with Crippen LogP contribution in [0, 0.1) is 6.92 Å². The molecule has 2 heterocycles. The third kappa shape index (κ3) is 1.40. The summed E-state index contributed by atoms with van der Waals surface area (Å²) in [5, 5.41) is 0. The van der Waals surface area contributed by atoms with Crippen LogP contribution < -0.4 is 0 Å². The van der Waals surface area contributed by atoms with Gasteiger partial charge < -0.3 is 0 Å². The largest absolute Gasteiger partial charge is 0.255 e. The van der Waals surface area contributed by atoms with Crippen LogP contribution in [-0.4, -0.2) is 4.98 Å². The summed E-state index contributed by atoms with van der Waals surface area (Å²) in [6.07, 6.45) is 1.83. The summed E-state index contributed by atoms with van der Waals surface area (Å²) in [7, 11) is 0. The summed E-state index contributed by atoms with van der Waals surface area (Å²) in [4.78, 5) is 5.54. The Morgan fingerprint density at radius 2 is 2.27 bits per heavy atom. The number of hydrogen-bond acceptors (Lipinski definition) is 2. The van der Waals surface area contributed by atoms with Gasteiger partial charge in [-0.15, -0.1) is 11.3 Å². The van der Waals surface area contributed by atoms with Crippen molar-refractivity contribution < 1.29 is 0 Å². The molecule has 0 aliphatic carbocycles. The molecule has 2 rings (SSSR count). The summed E-state index contributed by atoms with van der Waals surface area (Å²) in [6, 6.07) is 6.18. The summed E-state index contributed by atoms with van der Waals surface area (Å²) in [6.45, 7) is 2.10. The van der Waals surface area contributed by atoms with Crippen LogP contribution in [0.25, 0.3) is 10.2 Å². The Morgan fingerprint density at radius 3 is 3.00 bits per heavy atom. The van der Waals surface area contributed by atoms with Crippen molar-refractivity contribution >= 4 is 21.6 Å². The average molecular weight is 165 g/mol. The first kappa shape index (κ1) is 8.21. The molecule has 2 aromatic rings. The van der Waals surface area contributed by atoms with Gasteiger partial charge in [0.2, 0.25) is 0 Å². The number of aryl methyl sites for hydroxylation is 1. The zero-order chi connectivity index (χ0) is 6.97. The molecule has 0 unspecified atom stereocenters. The van der Waals surface area contributed by atoms with Gasteiger partial charge in [-0.25, -0.2) is 0 Å². The van der Waals surface area contributed by atoms with Crippen LogP contribution in [0.1, 0.15) is 12.3 Å². The predicted octanol–water partition coefficient (Wildman–Crippen LogP) is 3.24. The molecule has 0 aromatic carbocycles. The molecule has 0 aliphatic heterocycles. The van der Waals surface area contributed by atoms with Gasteiger partial charge in [0.05, 0.1) is 10.2 Å². The quantitative estimate of drug-likeness (QED) is 0.584. The minimum atomic E-state index is 0. The Labute approximate surface area is 70.7 Å². The van der Waals surface area contributed by atoms with Gasteiger partial charge in [-0.2, -0.15) is 0 Å². The molecule has 0 saturated carbocycles. The molecular formula is C9H11NS. The van der Waals surface area contributed by atoms with E-state index in [4.69, 9.17) is 0 Å². The van der Waals surface area contributed by atoms with Crippen LogP contribution in [0.4, 0.5) is 0 Å². The van der Waals surface area contributed by atoms with Crippen LogP contribution in [0.3, 0.4) is 0 Å². The molecule has 0 fully saturated rings. The van der Waals surface area contributed by atoms with Crippen molar-refractivity contribution in [3.63, 3.8) is 0 Å². The monoisotopic (exact) mass is 165 g/mol. The Hall–Kier alpha value is -0.890.